The van der Waals surface area contributed by atoms with Crippen LogP contribution in [0.5, 0.6) is 11.5 Å². The highest BCUT2D eigenvalue weighted by molar-refractivity contribution is 7.92. The number of hydrogen-bond donors (Lipinski definition) is 2. The molecule has 1 aliphatic rings. The van der Waals surface area contributed by atoms with Crippen molar-refractivity contribution in [3.05, 3.63) is 76.6 Å². The number of anilines is 2. The van der Waals surface area contributed by atoms with Gasteiger partial charge in [-0.25, -0.2) is 23.1 Å². The molecule has 2 aromatic carbocycles. The number of aromatic nitrogens is 2. The van der Waals surface area contributed by atoms with E-state index in [1.54, 1.807) is 6.07 Å². The van der Waals surface area contributed by atoms with Crippen LogP contribution in [0.2, 0.25) is 0 Å². The van der Waals surface area contributed by atoms with E-state index in [2.05, 4.69) is 20.0 Å². The average Bonchev–Trinajstić information content (AvgIpc) is 3.25. The summed E-state index contributed by atoms with van der Waals surface area (Å²) in [6.07, 6.45) is 5.19. The number of nitro benzene ring substituents is 1. The molecule has 0 saturated heterocycles. The predicted molar refractivity (Wildman–Crippen MR) is 116 cm³/mol. The van der Waals surface area contributed by atoms with E-state index in [-0.39, 0.29) is 34.6 Å². The summed E-state index contributed by atoms with van der Waals surface area (Å²) in [5, 5.41) is 13.8. The quantitative estimate of drug-likeness (QED) is 0.301. The Morgan fingerprint density at radius 1 is 1.09 bits per heavy atom. The van der Waals surface area contributed by atoms with Crippen LogP contribution in [0, 0.1) is 10.1 Å². The molecule has 0 fully saturated rings. The molecule has 1 amide bonds. The Kier molecular flexibility index (Phi) is 5.87. The van der Waals surface area contributed by atoms with Gasteiger partial charge >= 0.3 is 0 Å². The third kappa shape index (κ3) is 5.04. The molecule has 168 valence electrons. The molecule has 0 spiro atoms. The van der Waals surface area contributed by atoms with Crippen LogP contribution in [0.3, 0.4) is 0 Å². The number of nitro groups is 1. The molecule has 0 unspecified atom stereocenters. The first-order valence-electron chi connectivity index (χ1n) is 9.29. The van der Waals surface area contributed by atoms with Crippen LogP contribution in [0.25, 0.3) is 6.08 Å². The maximum atomic E-state index is 12.4. The monoisotopic (exact) mass is 469 g/mol. The average molecular weight is 469 g/mol. The minimum Gasteiger partial charge on any atom is -0.454 e. The summed E-state index contributed by atoms with van der Waals surface area (Å²) < 4.78 is 37.4. The fourth-order valence-corrected chi connectivity index (χ4v) is 3.79. The molecule has 0 bridgehead atoms. The van der Waals surface area contributed by atoms with Gasteiger partial charge in [0.25, 0.3) is 15.7 Å². The SMILES string of the molecule is O=C(/C=C/c1cc2c(cc1[N+](=O)[O-])OCO2)Nc1ccc(S(=O)(=O)Nc2ncccn2)cc1. The first-order chi connectivity index (χ1) is 15.8. The van der Waals surface area contributed by atoms with Crippen molar-refractivity contribution in [2.75, 3.05) is 16.8 Å². The van der Waals surface area contributed by atoms with E-state index in [0.29, 0.717) is 11.4 Å². The Morgan fingerprint density at radius 3 is 2.42 bits per heavy atom. The van der Waals surface area contributed by atoms with Gasteiger partial charge in [-0.15, -0.1) is 0 Å². The van der Waals surface area contributed by atoms with Crippen LogP contribution in [0.15, 0.2) is 65.8 Å². The summed E-state index contributed by atoms with van der Waals surface area (Å²) >= 11 is 0. The lowest BCUT2D eigenvalue weighted by atomic mass is 10.1. The summed E-state index contributed by atoms with van der Waals surface area (Å²) in [6, 6.07) is 9.58. The van der Waals surface area contributed by atoms with Gasteiger partial charge in [-0.3, -0.25) is 14.9 Å². The minimum absolute atomic E-state index is 0.0419. The molecule has 2 N–H and O–H groups in total. The zero-order chi connectivity index (χ0) is 23.4. The van der Waals surface area contributed by atoms with Crippen LogP contribution >= 0.6 is 0 Å². The van der Waals surface area contributed by atoms with Crippen molar-refractivity contribution >= 4 is 39.3 Å². The molecule has 1 aliphatic heterocycles. The number of rotatable bonds is 7. The van der Waals surface area contributed by atoms with E-state index >= 15 is 0 Å². The molecule has 4 rings (SSSR count). The lowest BCUT2D eigenvalue weighted by Crippen LogP contribution is -2.15. The third-order valence-corrected chi connectivity index (χ3v) is 5.70. The maximum Gasteiger partial charge on any atom is 0.280 e. The summed E-state index contributed by atoms with van der Waals surface area (Å²) in [6.45, 7) is -0.0419. The van der Waals surface area contributed by atoms with Gasteiger partial charge in [-0.2, -0.15) is 0 Å². The van der Waals surface area contributed by atoms with Crippen molar-refractivity contribution in [3.8, 4) is 11.5 Å². The summed E-state index contributed by atoms with van der Waals surface area (Å²) in [4.78, 5) is 30.5. The summed E-state index contributed by atoms with van der Waals surface area (Å²) in [7, 11) is -3.91. The number of carbonyl (C=O) groups excluding carboxylic acids is 1. The number of benzene rings is 2. The zero-order valence-corrected chi connectivity index (χ0v) is 17.5. The van der Waals surface area contributed by atoms with Gasteiger partial charge in [-0.05, 0) is 42.5 Å². The van der Waals surface area contributed by atoms with Crippen LogP contribution in [0.4, 0.5) is 17.3 Å². The number of hydrogen-bond acceptors (Lipinski definition) is 9. The number of ether oxygens (including phenoxy) is 2. The molecule has 0 aliphatic carbocycles. The Morgan fingerprint density at radius 2 is 1.76 bits per heavy atom. The summed E-state index contributed by atoms with van der Waals surface area (Å²) in [5.41, 5.74) is 0.238. The molecule has 0 saturated carbocycles. The molecule has 0 atom stereocenters. The van der Waals surface area contributed by atoms with Crippen molar-refractivity contribution in [2.45, 2.75) is 4.90 Å². The standard InChI is InChI=1S/C20H15N5O7S/c26-19(7-2-13-10-17-18(32-12-31-17)11-16(13)25(27)28)23-14-3-5-15(6-4-14)33(29,30)24-20-21-8-1-9-22-20/h1-11H,12H2,(H,23,26)(H,21,22,24)/b7-2+. The Bertz CT molecular complexity index is 1340. The number of carbonyl (C=O) groups is 1. The number of nitrogens with one attached hydrogen (secondary N) is 2. The first kappa shape index (κ1) is 21.7. The molecule has 2 heterocycles. The van der Waals surface area contributed by atoms with Crippen molar-refractivity contribution in [3.63, 3.8) is 0 Å². The van der Waals surface area contributed by atoms with Crippen molar-refractivity contribution in [2.24, 2.45) is 0 Å². The van der Waals surface area contributed by atoms with Crippen molar-refractivity contribution < 1.29 is 27.6 Å². The second-order valence-corrected chi connectivity index (χ2v) is 8.23. The second kappa shape index (κ2) is 8.92. The molecule has 33 heavy (non-hydrogen) atoms. The number of amides is 1. The van der Waals surface area contributed by atoms with Crippen molar-refractivity contribution in [1.82, 2.24) is 9.97 Å². The number of sulfonamides is 1. The largest absolute Gasteiger partial charge is 0.454 e. The van der Waals surface area contributed by atoms with Crippen molar-refractivity contribution in [1.29, 1.82) is 0 Å². The fraction of sp³-hybridized carbons (Fsp3) is 0.0500. The molecule has 0 radical (unpaired) electrons. The van der Waals surface area contributed by atoms with Crippen LogP contribution in [-0.2, 0) is 14.8 Å². The molecule has 3 aromatic rings. The van der Waals surface area contributed by atoms with E-state index in [4.69, 9.17) is 9.47 Å². The van der Waals surface area contributed by atoms with Gasteiger partial charge in [0.05, 0.1) is 21.4 Å². The van der Waals surface area contributed by atoms with Crippen LogP contribution < -0.4 is 19.5 Å². The zero-order valence-electron chi connectivity index (χ0n) is 16.7. The highest BCUT2D eigenvalue weighted by atomic mass is 32.2. The van der Waals surface area contributed by atoms with E-state index in [0.717, 1.165) is 6.08 Å². The Hall–Kier alpha value is -4.52. The fourth-order valence-electron chi connectivity index (χ4n) is 2.84. The summed E-state index contributed by atoms with van der Waals surface area (Å²) in [5.74, 6) is -0.0513. The lowest BCUT2D eigenvalue weighted by Gasteiger charge is -2.07. The third-order valence-electron chi connectivity index (χ3n) is 4.36. The van der Waals surface area contributed by atoms with Gasteiger partial charge in [0.15, 0.2) is 11.5 Å². The lowest BCUT2D eigenvalue weighted by molar-refractivity contribution is -0.385. The number of nitrogens with zero attached hydrogens (tertiary/aromatic N) is 3. The predicted octanol–water partition coefficient (Wildman–Crippen LogP) is 2.57. The maximum absolute atomic E-state index is 12.4. The topological polar surface area (TPSA) is 163 Å². The van der Waals surface area contributed by atoms with Gasteiger partial charge in [0, 0.05) is 24.2 Å². The van der Waals surface area contributed by atoms with Crippen LogP contribution in [-0.4, -0.2) is 36.0 Å². The second-order valence-electron chi connectivity index (χ2n) is 6.55. The smallest absolute Gasteiger partial charge is 0.280 e. The Balaban J connectivity index is 1.44. The van der Waals surface area contributed by atoms with Gasteiger partial charge in [0.1, 0.15) is 0 Å². The van der Waals surface area contributed by atoms with Gasteiger partial charge < -0.3 is 14.8 Å². The molecule has 1 aromatic heterocycles. The molecular weight excluding hydrogens is 454 g/mol. The normalized spacial score (nSPS) is 12.5. The highest BCUT2D eigenvalue weighted by Crippen LogP contribution is 2.38. The molecular formula is C20H15N5O7S. The molecule has 12 nitrogen and oxygen atoms in total. The minimum atomic E-state index is -3.91. The van der Waals surface area contributed by atoms with E-state index in [1.165, 1.54) is 54.9 Å². The van der Waals surface area contributed by atoms with E-state index in [9.17, 15) is 23.3 Å². The van der Waals surface area contributed by atoms with E-state index in [1.807, 2.05) is 0 Å². The molecule has 13 heteroatoms. The highest BCUT2D eigenvalue weighted by Gasteiger charge is 2.22. The van der Waals surface area contributed by atoms with Gasteiger partial charge in [0.2, 0.25) is 18.6 Å². The number of fused-ring (bicyclic) bond motifs is 1. The Labute approximate surface area is 187 Å². The van der Waals surface area contributed by atoms with Gasteiger partial charge in [-0.1, -0.05) is 0 Å². The van der Waals surface area contributed by atoms with E-state index < -0.39 is 20.9 Å². The first-order valence-corrected chi connectivity index (χ1v) is 10.8. The van der Waals surface area contributed by atoms with Crippen LogP contribution in [0.1, 0.15) is 5.56 Å².